The van der Waals surface area contributed by atoms with Crippen molar-refractivity contribution in [1.29, 1.82) is 0 Å². The van der Waals surface area contributed by atoms with Crippen molar-refractivity contribution in [3.63, 3.8) is 0 Å². The van der Waals surface area contributed by atoms with E-state index in [9.17, 15) is 9.18 Å². The molecule has 0 atom stereocenters. The highest BCUT2D eigenvalue weighted by Crippen LogP contribution is 2.11. The van der Waals surface area contributed by atoms with Crippen LogP contribution in [0.5, 0.6) is 0 Å². The number of nitrogens with zero attached hydrogens (tertiary/aromatic N) is 4. The molecule has 0 spiro atoms. The number of carbonyl (C=O) groups excluding carboxylic acids is 1. The Balaban J connectivity index is 2.02. The third kappa shape index (κ3) is 2.87. The Morgan fingerprint density at radius 3 is 3.05 bits per heavy atom. The highest BCUT2D eigenvalue weighted by molar-refractivity contribution is 9.10. The summed E-state index contributed by atoms with van der Waals surface area (Å²) >= 11 is 3.15. The number of aryl methyl sites for hydroxylation is 1. The third-order valence-corrected chi connectivity index (χ3v) is 2.89. The minimum Gasteiger partial charge on any atom is -0.272 e. The van der Waals surface area contributed by atoms with Crippen LogP contribution in [0.4, 0.5) is 4.39 Å². The number of carbonyl (C=O) groups is 1. The van der Waals surface area contributed by atoms with Gasteiger partial charge in [0.1, 0.15) is 5.69 Å². The molecule has 0 aliphatic carbocycles. The monoisotopic (exact) mass is 328 g/mol. The number of halogens is 2. The summed E-state index contributed by atoms with van der Waals surface area (Å²) in [6, 6.07) is 0. The van der Waals surface area contributed by atoms with Gasteiger partial charge >= 0.3 is 0 Å². The molecule has 2 rings (SSSR count). The zero-order valence-electron chi connectivity index (χ0n) is 9.89. The Bertz CT molecular complexity index is 619. The zero-order chi connectivity index (χ0) is 13.8. The molecule has 2 heterocycles. The van der Waals surface area contributed by atoms with E-state index in [1.54, 1.807) is 6.92 Å². The van der Waals surface area contributed by atoms with Crippen LogP contribution in [0.3, 0.4) is 0 Å². The predicted octanol–water partition coefficient (Wildman–Crippen LogP) is 1.29. The fourth-order valence-electron chi connectivity index (χ4n) is 1.34. The normalized spacial score (nSPS) is 11.1. The molecule has 1 amide bonds. The van der Waals surface area contributed by atoms with E-state index in [-0.39, 0.29) is 11.3 Å². The van der Waals surface area contributed by atoms with Gasteiger partial charge in [-0.3, -0.25) is 9.89 Å². The molecule has 7 nitrogen and oxygen atoms in total. The molecule has 2 aromatic rings. The second-order valence-corrected chi connectivity index (χ2v) is 4.35. The molecule has 19 heavy (non-hydrogen) atoms. The van der Waals surface area contributed by atoms with Gasteiger partial charge in [-0.2, -0.15) is 19.7 Å². The maximum absolute atomic E-state index is 13.6. The first-order chi connectivity index (χ1) is 9.13. The summed E-state index contributed by atoms with van der Waals surface area (Å²) in [5.74, 6) is -0.980. The molecule has 100 valence electrons. The van der Waals surface area contributed by atoms with Crippen molar-refractivity contribution < 1.29 is 9.18 Å². The standard InChI is InChI=1S/C10H10BrFN6O/c1-2-18-9(12)6(4-15-18)3-13-17-10(19)8-7(11)5-14-16-8/h3-5H,2H2,1H3,(H,14,16)(H,17,19)/b13-3-. The summed E-state index contributed by atoms with van der Waals surface area (Å²) in [6.07, 6.45) is 3.97. The number of hydrogen-bond donors (Lipinski definition) is 2. The Morgan fingerprint density at radius 2 is 2.47 bits per heavy atom. The van der Waals surface area contributed by atoms with Gasteiger partial charge in [-0.05, 0) is 22.9 Å². The summed E-state index contributed by atoms with van der Waals surface area (Å²) in [6.45, 7) is 2.20. The number of H-pyrrole nitrogens is 1. The molecule has 0 bridgehead atoms. The molecule has 0 fully saturated rings. The Labute approximate surface area is 116 Å². The smallest absolute Gasteiger partial charge is 0.272 e. The van der Waals surface area contributed by atoms with E-state index < -0.39 is 11.9 Å². The van der Waals surface area contributed by atoms with E-state index in [4.69, 9.17) is 0 Å². The van der Waals surface area contributed by atoms with Gasteiger partial charge in [-0.15, -0.1) is 0 Å². The number of nitrogens with one attached hydrogen (secondary N) is 2. The van der Waals surface area contributed by atoms with Crippen molar-refractivity contribution in [1.82, 2.24) is 25.4 Å². The van der Waals surface area contributed by atoms with Crippen LogP contribution in [-0.2, 0) is 6.54 Å². The quantitative estimate of drug-likeness (QED) is 0.654. The van der Waals surface area contributed by atoms with Crippen molar-refractivity contribution in [2.24, 2.45) is 5.10 Å². The first-order valence-electron chi connectivity index (χ1n) is 5.37. The van der Waals surface area contributed by atoms with Crippen molar-refractivity contribution in [3.05, 3.63) is 34.1 Å². The molecule has 0 aliphatic rings. The van der Waals surface area contributed by atoms with E-state index >= 15 is 0 Å². The molecule has 0 radical (unpaired) electrons. The summed E-state index contributed by atoms with van der Waals surface area (Å²) in [4.78, 5) is 11.6. The number of rotatable bonds is 4. The van der Waals surface area contributed by atoms with Gasteiger partial charge in [-0.1, -0.05) is 0 Å². The van der Waals surface area contributed by atoms with Crippen LogP contribution < -0.4 is 5.43 Å². The average Bonchev–Trinajstić information content (AvgIpc) is 2.96. The molecule has 2 aromatic heterocycles. The second kappa shape index (κ2) is 5.74. The van der Waals surface area contributed by atoms with Crippen LogP contribution in [0.25, 0.3) is 0 Å². The van der Waals surface area contributed by atoms with Crippen LogP contribution in [0.2, 0.25) is 0 Å². The summed E-state index contributed by atoms with van der Waals surface area (Å²) in [7, 11) is 0. The third-order valence-electron chi connectivity index (χ3n) is 2.29. The van der Waals surface area contributed by atoms with Gasteiger partial charge in [-0.25, -0.2) is 10.1 Å². The fraction of sp³-hybridized carbons (Fsp3) is 0.200. The topological polar surface area (TPSA) is 88.0 Å². The molecule has 0 unspecified atom stereocenters. The highest BCUT2D eigenvalue weighted by Gasteiger charge is 2.11. The van der Waals surface area contributed by atoms with Crippen LogP contribution in [0.15, 0.2) is 22.0 Å². The fourth-order valence-corrected chi connectivity index (χ4v) is 1.71. The molecule has 0 aromatic carbocycles. The molecule has 9 heteroatoms. The summed E-state index contributed by atoms with van der Waals surface area (Å²) in [5, 5.41) is 13.7. The molecular weight excluding hydrogens is 319 g/mol. The number of hydrazone groups is 1. The van der Waals surface area contributed by atoms with Crippen molar-refractivity contribution in [2.75, 3.05) is 0 Å². The maximum Gasteiger partial charge on any atom is 0.290 e. The van der Waals surface area contributed by atoms with Gasteiger partial charge in [0.05, 0.1) is 28.6 Å². The van der Waals surface area contributed by atoms with Crippen molar-refractivity contribution in [2.45, 2.75) is 13.5 Å². The lowest BCUT2D eigenvalue weighted by Crippen LogP contribution is -2.18. The first-order valence-corrected chi connectivity index (χ1v) is 6.16. The Kier molecular flexibility index (Phi) is 4.05. The van der Waals surface area contributed by atoms with E-state index in [0.29, 0.717) is 11.0 Å². The lowest BCUT2D eigenvalue weighted by molar-refractivity contribution is 0.0949. The molecule has 2 N–H and O–H groups in total. The average molecular weight is 329 g/mol. The van der Waals surface area contributed by atoms with E-state index in [2.05, 4.69) is 41.8 Å². The molecule has 0 saturated heterocycles. The van der Waals surface area contributed by atoms with Crippen LogP contribution in [0.1, 0.15) is 23.0 Å². The van der Waals surface area contributed by atoms with Gasteiger partial charge in [0, 0.05) is 6.54 Å². The van der Waals surface area contributed by atoms with E-state index in [1.807, 2.05) is 0 Å². The molecule has 0 saturated carbocycles. The molecular formula is C10H10BrFN6O. The Hall–Kier alpha value is -2.03. The lowest BCUT2D eigenvalue weighted by Gasteiger charge is -1.96. The summed E-state index contributed by atoms with van der Waals surface area (Å²) in [5.41, 5.74) is 2.69. The van der Waals surface area contributed by atoms with Gasteiger partial charge in [0.25, 0.3) is 5.91 Å². The van der Waals surface area contributed by atoms with Crippen LogP contribution >= 0.6 is 15.9 Å². The van der Waals surface area contributed by atoms with E-state index in [0.717, 1.165) is 0 Å². The maximum atomic E-state index is 13.6. The minimum atomic E-state index is -0.497. The molecule has 0 aliphatic heterocycles. The first kappa shape index (κ1) is 13.4. The van der Waals surface area contributed by atoms with Gasteiger partial charge < -0.3 is 0 Å². The van der Waals surface area contributed by atoms with Crippen LogP contribution in [-0.4, -0.2) is 32.1 Å². The zero-order valence-corrected chi connectivity index (χ0v) is 11.5. The number of aromatic nitrogens is 4. The predicted molar refractivity (Wildman–Crippen MR) is 69.2 cm³/mol. The van der Waals surface area contributed by atoms with Crippen LogP contribution in [0, 0.1) is 5.95 Å². The van der Waals surface area contributed by atoms with E-state index in [1.165, 1.54) is 23.3 Å². The SMILES string of the molecule is CCn1ncc(/C=N\NC(=O)c2[nH]ncc2Br)c1F. The van der Waals surface area contributed by atoms with Crippen molar-refractivity contribution >= 4 is 28.1 Å². The number of amides is 1. The second-order valence-electron chi connectivity index (χ2n) is 3.50. The number of aromatic amines is 1. The van der Waals surface area contributed by atoms with Crippen molar-refractivity contribution in [3.8, 4) is 0 Å². The summed E-state index contributed by atoms with van der Waals surface area (Å²) < 4.78 is 15.3. The lowest BCUT2D eigenvalue weighted by atomic mass is 10.4. The largest absolute Gasteiger partial charge is 0.290 e. The minimum absolute atomic E-state index is 0.200. The highest BCUT2D eigenvalue weighted by atomic mass is 79.9. The Morgan fingerprint density at radius 1 is 1.68 bits per heavy atom. The number of hydrogen-bond acceptors (Lipinski definition) is 4. The van der Waals surface area contributed by atoms with Gasteiger partial charge in [0.2, 0.25) is 5.95 Å². The van der Waals surface area contributed by atoms with Gasteiger partial charge in [0.15, 0.2) is 0 Å².